The second-order valence-electron chi connectivity index (χ2n) is 4.03. The standard InChI is InChI=1S/C10H14Cl2N2O/c1-10(2,5-15)14-9-7(11)3-6(13)4-8(9)12/h3-4,14-15H,5,13H2,1-2H3. The lowest BCUT2D eigenvalue weighted by Gasteiger charge is -2.26. The van der Waals surface area contributed by atoms with Crippen LogP contribution in [-0.2, 0) is 0 Å². The molecule has 0 aliphatic heterocycles. The van der Waals surface area contributed by atoms with Crippen LogP contribution in [0.15, 0.2) is 12.1 Å². The number of aliphatic hydroxyl groups is 1. The lowest BCUT2D eigenvalue weighted by atomic mass is 10.1. The molecule has 15 heavy (non-hydrogen) atoms. The zero-order chi connectivity index (χ0) is 11.6. The molecule has 0 unspecified atom stereocenters. The number of aliphatic hydroxyl groups excluding tert-OH is 1. The Morgan fingerprint density at radius 1 is 1.33 bits per heavy atom. The Bertz CT molecular complexity index is 343. The van der Waals surface area contributed by atoms with Gasteiger partial charge >= 0.3 is 0 Å². The maximum atomic E-state index is 9.12. The summed E-state index contributed by atoms with van der Waals surface area (Å²) in [5.74, 6) is 0. The first-order chi connectivity index (χ1) is 6.85. The van der Waals surface area contributed by atoms with Gasteiger partial charge in [-0.2, -0.15) is 0 Å². The molecule has 1 aromatic carbocycles. The molecule has 1 rings (SSSR count). The van der Waals surface area contributed by atoms with E-state index in [2.05, 4.69) is 5.32 Å². The van der Waals surface area contributed by atoms with E-state index < -0.39 is 5.54 Å². The number of nitrogens with one attached hydrogen (secondary N) is 1. The molecule has 4 N–H and O–H groups in total. The van der Waals surface area contributed by atoms with Crippen LogP contribution in [0.1, 0.15) is 13.8 Å². The number of nitrogen functional groups attached to an aromatic ring is 1. The molecule has 0 heterocycles. The van der Waals surface area contributed by atoms with Crippen molar-refractivity contribution in [3.05, 3.63) is 22.2 Å². The van der Waals surface area contributed by atoms with Crippen molar-refractivity contribution in [2.45, 2.75) is 19.4 Å². The highest BCUT2D eigenvalue weighted by Gasteiger charge is 2.19. The van der Waals surface area contributed by atoms with Crippen LogP contribution in [0, 0.1) is 0 Å². The Morgan fingerprint density at radius 2 is 1.80 bits per heavy atom. The quantitative estimate of drug-likeness (QED) is 0.722. The number of rotatable bonds is 3. The third-order valence-electron chi connectivity index (χ3n) is 1.92. The molecule has 84 valence electrons. The van der Waals surface area contributed by atoms with Gasteiger partial charge in [-0.3, -0.25) is 0 Å². The molecule has 0 saturated heterocycles. The van der Waals surface area contributed by atoms with E-state index in [4.69, 9.17) is 34.0 Å². The summed E-state index contributed by atoms with van der Waals surface area (Å²) in [5.41, 5.74) is 6.20. The highest BCUT2D eigenvalue weighted by molar-refractivity contribution is 6.39. The third-order valence-corrected chi connectivity index (χ3v) is 2.52. The van der Waals surface area contributed by atoms with Crippen molar-refractivity contribution in [3.8, 4) is 0 Å². The zero-order valence-corrected chi connectivity index (χ0v) is 10.2. The SMILES string of the molecule is CC(C)(CO)Nc1c(Cl)cc(N)cc1Cl. The van der Waals surface area contributed by atoms with E-state index in [0.29, 0.717) is 21.4 Å². The maximum absolute atomic E-state index is 9.12. The number of hydrogen-bond donors (Lipinski definition) is 3. The molecular formula is C10H14Cl2N2O. The fraction of sp³-hybridized carbons (Fsp3) is 0.400. The van der Waals surface area contributed by atoms with E-state index in [1.807, 2.05) is 13.8 Å². The summed E-state index contributed by atoms with van der Waals surface area (Å²) in [6.45, 7) is 3.66. The molecule has 0 saturated carbocycles. The van der Waals surface area contributed by atoms with E-state index in [1.165, 1.54) is 0 Å². The first-order valence-corrected chi connectivity index (χ1v) is 5.25. The molecular weight excluding hydrogens is 235 g/mol. The van der Waals surface area contributed by atoms with Gasteiger partial charge in [-0.1, -0.05) is 23.2 Å². The van der Waals surface area contributed by atoms with Crippen LogP contribution in [0.5, 0.6) is 0 Å². The Labute approximate surface area is 99.2 Å². The third kappa shape index (κ3) is 3.16. The average molecular weight is 249 g/mol. The van der Waals surface area contributed by atoms with Crippen molar-refractivity contribution in [1.29, 1.82) is 0 Å². The van der Waals surface area contributed by atoms with Crippen LogP contribution in [0.25, 0.3) is 0 Å². The van der Waals surface area contributed by atoms with Gasteiger partial charge < -0.3 is 16.2 Å². The second-order valence-corrected chi connectivity index (χ2v) is 4.84. The molecule has 0 aliphatic rings. The van der Waals surface area contributed by atoms with Crippen molar-refractivity contribution in [3.63, 3.8) is 0 Å². The van der Waals surface area contributed by atoms with Gasteiger partial charge in [0.25, 0.3) is 0 Å². The van der Waals surface area contributed by atoms with E-state index in [9.17, 15) is 0 Å². The molecule has 5 heteroatoms. The topological polar surface area (TPSA) is 58.3 Å². The normalized spacial score (nSPS) is 11.5. The molecule has 0 amide bonds. The number of nitrogens with two attached hydrogens (primary N) is 1. The van der Waals surface area contributed by atoms with Crippen LogP contribution < -0.4 is 11.1 Å². The monoisotopic (exact) mass is 248 g/mol. The smallest absolute Gasteiger partial charge is 0.0725 e. The van der Waals surface area contributed by atoms with Gasteiger partial charge in [0.2, 0.25) is 0 Å². The summed E-state index contributed by atoms with van der Waals surface area (Å²) in [6, 6.07) is 3.23. The molecule has 0 aliphatic carbocycles. The largest absolute Gasteiger partial charge is 0.399 e. The summed E-state index contributed by atoms with van der Waals surface area (Å²) >= 11 is 12.0. The van der Waals surface area contributed by atoms with Crippen molar-refractivity contribution in [2.75, 3.05) is 17.7 Å². The van der Waals surface area contributed by atoms with Crippen molar-refractivity contribution >= 4 is 34.6 Å². The van der Waals surface area contributed by atoms with Crippen molar-refractivity contribution in [1.82, 2.24) is 0 Å². The van der Waals surface area contributed by atoms with Gasteiger partial charge in [0.05, 0.1) is 27.9 Å². The average Bonchev–Trinajstić information content (AvgIpc) is 2.11. The van der Waals surface area contributed by atoms with E-state index in [-0.39, 0.29) is 6.61 Å². The minimum atomic E-state index is -0.483. The van der Waals surface area contributed by atoms with Crippen molar-refractivity contribution in [2.24, 2.45) is 0 Å². The summed E-state index contributed by atoms with van der Waals surface area (Å²) in [6.07, 6.45) is 0. The number of hydrogen-bond acceptors (Lipinski definition) is 3. The molecule has 1 aromatic rings. The van der Waals surface area contributed by atoms with Crippen LogP contribution in [0.2, 0.25) is 10.0 Å². The lowest BCUT2D eigenvalue weighted by Crippen LogP contribution is -2.35. The van der Waals surface area contributed by atoms with Gasteiger partial charge in [0, 0.05) is 5.69 Å². The van der Waals surface area contributed by atoms with Crippen molar-refractivity contribution < 1.29 is 5.11 Å². The fourth-order valence-electron chi connectivity index (χ4n) is 1.09. The van der Waals surface area contributed by atoms with Crippen LogP contribution in [-0.4, -0.2) is 17.3 Å². The molecule has 0 aromatic heterocycles. The summed E-state index contributed by atoms with van der Waals surface area (Å²) in [7, 11) is 0. The molecule has 0 atom stereocenters. The molecule has 0 spiro atoms. The molecule has 0 fully saturated rings. The maximum Gasteiger partial charge on any atom is 0.0725 e. The van der Waals surface area contributed by atoms with Crippen LogP contribution >= 0.6 is 23.2 Å². The Kier molecular flexibility index (Phi) is 3.71. The summed E-state index contributed by atoms with van der Waals surface area (Å²) in [4.78, 5) is 0. The van der Waals surface area contributed by atoms with Gasteiger partial charge in [-0.05, 0) is 26.0 Å². The Hall–Kier alpha value is -0.640. The predicted molar refractivity (Wildman–Crippen MR) is 65.7 cm³/mol. The predicted octanol–water partition coefficient (Wildman–Crippen LogP) is 2.76. The first kappa shape index (κ1) is 12.4. The lowest BCUT2D eigenvalue weighted by molar-refractivity contribution is 0.234. The first-order valence-electron chi connectivity index (χ1n) is 4.49. The van der Waals surface area contributed by atoms with Gasteiger partial charge in [0.1, 0.15) is 0 Å². The zero-order valence-electron chi connectivity index (χ0n) is 8.64. The fourth-order valence-corrected chi connectivity index (χ4v) is 1.69. The van der Waals surface area contributed by atoms with E-state index >= 15 is 0 Å². The number of anilines is 2. The summed E-state index contributed by atoms with van der Waals surface area (Å²) < 4.78 is 0. The minimum Gasteiger partial charge on any atom is -0.399 e. The van der Waals surface area contributed by atoms with Crippen LogP contribution in [0.4, 0.5) is 11.4 Å². The van der Waals surface area contributed by atoms with E-state index in [0.717, 1.165) is 0 Å². The van der Waals surface area contributed by atoms with Gasteiger partial charge in [0.15, 0.2) is 0 Å². The second kappa shape index (κ2) is 4.47. The van der Waals surface area contributed by atoms with E-state index in [1.54, 1.807) is 12.1 Å². The van der Waals surface area contributed by atoms with Gasteiger partial charge in [-0.25, -0.2) is 0 Å². The molecule has 3 nitrogen and oxygen atoms in total. The molecule has 0 bridgehead atoms. The Balaban J connectivity index is 3.05. The number of halogens is 2. The Morgan fingerprint density at radius 3 is 2.20 bits per heavy atom. The highest BCUT2D eigenvalue weighted by atomic mass is 35.5. The van der Waals surface area contributed by atoms with Crippen LogP contribution in [0.3, 0.4) is 0 Å². The molecule has 0 radical (unpaired) electrons. The van der Waals surface area contributed by atoms with Gasteiger partial charge in [-0.15, -0.1) is 0 Å². The highest BCUT2D eigenvalue weighted by Crippen LogP contribution is 2.34. The summed E-state index contributed by atoms with van der Waals surface area (Å²) in [5, 5.41) is 13.1. The number of benzene rings is 1. The minimum absolute atomic E-state index is 0.0238.